The van der Waals surface area contributed by atoms with E-state index in [9.17, 15) is 0 Å². The van der Waals surface area contributed by atoms with Crippen molar-refractivity contribution in [2.24, 2.45) is 0 Å². The van der Waals surface area contributed by atoms with Gasteiger partial charge in [-0.3, -0.25) is 0 Å². The number of aliphatic hydroxyl groups excluding tert-OH is 1. The summed E-state index contributed by atoms with van der Waals surface area (Å²) in [7, 11) is 0. The summed E-state index contributed by atoms with van der Waals surface area (Å²) < 4.78 is 1.03. The van der Waals surface area contributed by atoms with Crippen molar-refractivity contribution >= 4 is 5.95 Å². The highest BCUT2D eigenvalue weighted by atomic mass is 16.3. The molecule has 0 saturated heterocycles. The van der Waals surface area contributed by atoms with Crippen LogP contribution in [0.2, 0.25) is 0 Å². The zero-order valence-electron chi connectivity index (χ0n) is 4.65. The van der Waals surface area contributed by atoms with Crippen molar-refractivity contribution in [2.45, 2.75) is 6.61 Å². The summed E-state index contributed by atoms with van der Waals surface area (Å²) in [5, 5.41) is 15.3. The maximum absolute atomic E-state index is 8.47. The Hall–Kier alpha value is -1.30. The van der Waals surface area contributed by atoms with Crippen LogP contribution in [0.4, 0.5) is 5.95 Å². The van der Waals surface area contributed by atoms with Crippen LogP contribution in [-0.4, -0.2) is 20.0 Å². The summed E-state index contributed by atoms with van der Waals surface area (Å²) in [5.74, 6) is 5.57. The fourth-order valence-electron chi connectivity index (χ4n) is 0.445. The molecule has 0 amide bonds. The zero-order chi connectivity index (χ0) is 6.85. The largest absolute Gasteiger partial charge is 0.388 e. The van der Waals surface area contributed by atoms with Gasteiger partial charge in [0.15, 0.2) is 5.82 Å². The first-order valence-corrected chi connectivity index (χ1v) is 2.31. The van der Waals surface area contributed by atoms with E-state index in [4.69, 9.17) is 16.7 Å². The Bertz CT molecular complexity index is 206. The Morgan fingerprint density at radius 3 is 2.44 bits per heavy atom. The highest BCUT2D eigenvalue weighted by Crippen LogP contribution is 1.95. The van der Waals surface area contributed by atoms with E-state index in [-0.39, 0.29) is 18.4 Å². The van der Waals surface area contributed by atoms with Crippen LogP contribution < -0.4 is 11.6 Å². The molecule has 0 aliphatic carbocycles. The van der Waals surface area contributed by atoms with Gasteiger partial charge in [0, 0.05) is 0 Å². The topological polar surface area (TPSA) is 103 Å². The molecule has 0 fully saturated rings. The molecule has 0 bridgehead atoms. The van der Waals surface area contributed by atoms with Crippen molar-refractivity contribution in [3.05, 3.63) is 5.82 Å². The van der Waals surface area contributed by atoms with Crippen LogP contribution >= 0.6 is 0 Å². The second kappa shape index (κ2) is 1.90. The molecule has 0 saturated carbocycles. The molecular weight excluding hydrogens is 122 g/mol. The van der Waals surface area contributed by atoms with E-state index in [1.165, 1.54) is 0 Å². The van der Waals surface area contributed by atoms with Crippen molar-refractivity contribution in [2.75, 3.05) is 11.6 Å². The minimum Gasteiger partial charge on any atom is -0.388 e. The fourth-order valence-corrected chi connectivity index (χ4v) is 0.445. The first-order chi connectivity index (χ1) is 4.25. The standard InChI is InChI=1S/C3H7N5O/c4-3-7-6-2(1-9)8(3)5/h9H,1,5H2,(H2,4,7). The van der Waals surface area contributed by atoms with Crippen molar-refractivity contribution in [1.29, 1.82) is 0 Å². The summed E-state index contributed by atoms with van der Waals surface area (Å²) in [4.78, 5) is 0. The number of nitrogen functional groups attached to an aromatic ring is 2. The van der Waals surface area contributed by atoms with E-state index in [1.807, 2.05) is 0 Å². The number of hydrogen-bond donors (Lipinski definition) is 3. The lowest BCUT2D eigenvalue weighted by molar-refractivity contribution is 0.268. The molecule has 1 aromatic heterocycles. The van der Waals surface area contributed by atoms with Crippen LogP contribution in [0.3, 0.4) is 0 Å². The van der Waals surface area contributed by atoms with Crippen LogP contribution in [0.25, 0.3) is 0 Å². The normalized spacial score (nSPS) is 9.89. The van der Waals surface area contributed by atoms with Crippen molar-refractivity contribution in [1.82, 2.24) is 14.9 Å². The third-order valence-corrected chi connectivity index (χ3v) is 0.934. The number of anilines is 1. The Kier molecular flexibility index (Phi) is 1.23. The predicted octanol–water partition coefficient (Wildman–Crippen LogP) is -1.93. The quantitative estimate of drug-likeness (QED) is 0.383. The Labute approximate surface area is 51.1 Å². The van der Waals surface area contributed by atoms with Crippen LogP contribution in [0.15, 0.2) is 0 Å². The molecule has 50 valence electrons. The van der Waals surface area contributed by atoms with Gasteiger partial charge in [0.2, 0.25) is 5.95 Å². The van der Waals surface area contributed by atoms with Crippen LogP contribution in [0.5, 0.6) is 0 Å². The predicted molar refractivity (Wildman–Crippen MR) is 30.5 cm³/mol. The maximum Gasteiger partial charge on any atom is 0.240 e. The van der Waals surface area contributed by atoms with Gasteiger partial charge in [-0.1, -0.05) is 0 Å². The molecule has 0 aromatic carbocycles. The summed E-state index contributed by atoms with van der Waals surface area (Å²) >= 11 is 0. The van der Waals surface area contributed by atoms with E-state index >= 15 is 0 Å². The average Bonchev–Trinajstić information content (AvgIpc) is 2.15. The molecule has 1 heterocycles. The number of aromatic nitrogens is 3. The molecule has 1 aromatic rings. The van der Waals surface area contributed by atoms with Gasteiger partial charge >= 0.3 is 0 Å². The number of aliphatic hydroxyl groups is 1. The summed E-state index contributed by atoms with van der Waals surface area (Å²) in [5.41, 5.74) is 5.17. The molecular formula is C3H7N5O. The number of rotatable bonds is 1. The van der Waals surface area contributed by atoms with Gasteiger partial charge in [0.25, 0.3) is 0 Å². The third-order valence-electron chi connectivity index (χ3n) is 0.934. The van der Waals surface area contributed by atoms with Crippen molar-refractivity contribution in [3.8, 4) is 0 Å². The highest BCUT2D eigenvalue weighted by molar-refractivity contribution is 5.16. The van der Waals surface area contributed by atoms with Gasteiger partial charge in [-0.2, -0.15) is 0 Å². The van der Waals surface area contributed by atoms with Crippen molar-refractivity contribution in [3.63, 3.8) is 0 Å². The number of nitrogens with zero attached hydrogens (tertiary/aromatic N) is 3. The SMILES string of the molecule is Nc1nnc(CO)n1N. The minimum atomic E-state index is -0.249. The third kappa shape index (κ3) is 0.789. The molecule has 0 spiro atoms. The zero-order valence-corrected chi connectivity index (χ0v) is 4.65. The molecule has 1 rings (SSSR count). The molecule has 9 heavy (non-hydrogen) atoms. The molecule has 0 aliphatic heterocycles. The van der Waals surface area contributed by atoms with E-state index in [0.29, 0.717) is 0 Å². The van der Waals surface area contributed by atoms with Gasteiger partial charge in [-0.25, -0.2) is 4.68 Å². The number of nitrogens with two attached hydrogens (primary N) is 2. The second-order valence-electron chi connectivity index (χ2n) is 1.50. The highest BCUT2D eigenvalue weighted by Gasteiger charge is 2.02. The van der Waals surface area contributed by atoms with E-state index in [0.717, 1.165) is 4.68 Å². The Morgan fingerprint density at radius 1 is 1.56 bits per heavy atom. The Balaban J connectivity index is 3.04. The van der Waals surface area contributed by atoms with Crippen LogP contribution in [0, 0.1) is 0 Å². The fraction of sp³-hybridized carbons (Fsp3) is 0.333. The molecule has 0 radical (unpaired) electrons. The average molecular weight is 129 g/mol. The maximum atomic E-state index is 8.47. The molecule has 0 atom stereocenters. The summed E-state index contributed by atoms with van der Waals surface area (Å²) in [6.07, 6.45) is 0. The van der Waals surface area contributed by atoms with E-state index in [2.05, 4.69) is 10.2 Å². The monoisotopic (exact) mass is 129 g/mol. The lowest BCUT2D eigenvalue weighted by Gasteiger charge is -1.94. The minimum absolute atomic E-state index is 0.0963. The molecule has 5 N–H and O–H groups in total. The van der Waals surface area contributed by atoms with Gasteiger partial charge < -0.3 is 16.7 Å². The lowest BCUT2D eigenvalue weighted by Crippen LogP contribution is -2.15. The van der Waals surface area contributed by atoms with E-state index < -0.39 is 0 Å². The van der Waals surface area contributed by atoms with Gasteiger partial charge in [-0.15, -0.1) is 10.2 Å². The smallest absolute Gasteiger partial charge is 0.240 e. The van der Waals surface area contributed by atoms with Crippen LogP contribution in [0.1, 0.15) is 5.82 Å². The second-order valence-corrected chi connectivity index (χ2v) is 1.50. The van der Waals surface area contributed by atoms with E-state index in [1.54, 1.807) is 0 Å². The number of hydrogen-bond acceptors (Lipinski definition) is 5. The molecule has 0 aliphatic rings. The first-order valence-electron chi connectivity index (χ1n) is 2.31. The van der Waals surface area contributed by atoms with Gasteiger partial charge in [0.1, 0.15) is 6.61 Å². The molecule has 6 heteroatoms. The Morgan fingerprint density at radius 2 is 2.22 bits per heavy atom. The van der Waals surface area contributed by atoms with Crippen molar-refractivity contribution < 1.29 is 5.11 Å². The first kappa shape index (κ1) is 5.83. The molecule has 6 nitrogen and oxygen atoms in total. The molecule has 0 unspecified atom stereocenters. The lowest BCUT2D eigenvalue weighted by atomic mass is 10.7. The van der Waals surface area contributed by atoms with Crippen LogP contribution in [-0.2, 0) is 6.61 Å². The van der Waals surface area contributed by atoms with Gasteiger partial charge in [0.05, 0.1) is 0 Å². The van der Waals surface area contributed by atoms with Gasteiger partial charge in [-0.05, 0) is 0 Å². The summed E-state index contributed by atoms with van der Waals surface area (Å²) in [6.45, 7) is -0.249. The summed E-state index contributed by atoms with van der Waals surface area (Å²) in [6, 6.07) is 0.